The van der Waals surface area contributed by atoms with E-state index in [9.17, 15) is 4.79 Å². The van der Waals surface area contributed by atoms with Gasteiger partial charge in [0.05, 0.1) is 5.92 Å². The Hall–Kier alpha value is -1.43. The van der Waals surface area contributed by atoms with Crippen LogP contribution in [0.1, 0.15) is 6.42 Å². The Kier molecular flexibility index (Phi) is 2.45. The number of nitrogens with one attached hydrogen (secondary N) is 2. The first-order chi connectivity index (χ1) is 6.77. The zero-order chi connectivity index (χ0) is 9.97. The fraction of sp³-hybridized carbons (Fsp3) is 0.625. The van der Waals surface area contributed by atoms with Crippen LogP contribution < -0.4 is 10.6 Å². The van der Waals surface area contributed by atoms with Crippen LogP contribution in [0.2, 0.25) is 0 Å². The molecule has 6 nitrogen and oxygen atoms in total. The minimum absolute atomic E-state index is 0.0195. The van der Waals surface area contributed by atoms with E-state index in [0.29, 0.717) is 5.95 Å². The van der Waals surface area contributed by atoms with E-state index in [-0.39, 0.29) is 11.8 Å². The summed E-state index contributed by atoms with van der Waals surface area (Å²) in [5, 5.41) is 9.76. The molecular formula is C8H13N5O. The number of hydrogen-bond acceptors (Lipinski definition) is 4. The van der Waals surface area contributed by atoms with E-state index in [1.54, 1.807) is 11.7 Å². The Morgan fingerprint density at radius 3 is 3.21 bits per heavy atom. The highest BCUT2D eigenvalue weighted by atomic mass is 16.2. The fourth-order valence-corrected chi connectivity index (χ4v) is 1.50. The third-order valence-corrected chi connectivity index (χ3v) is 2.38. The average molecular weight is 195 g/mol. The number of aryl methyl sites for hydroxylation is 1. The molecule has 2 rings (SSSR count). The highest BCUT2D eigenvalue weighted by molar-refractivity contribution is 5.91. The van der Waals surface area contributed by atoms with Gasteiger partial charge >= 0.3 is 0 Å². The number of aromatic nitrogens is 3. The van der Waals surface area contributed by atoms with Crippen LogP contribution in [0.4, 0.5) is 5.95 Å². The summed E-state index contributed by atoms with van der Waals surface area (Å²) < 4.78 is 1.54. The van der Waals surface area contributed by atoms with Crippen molar-refractivity contribution in [2.45, 2.75) is 6.42 Å². The number of nitrogens with zero attached hydrogens (tertiary/aromatic N) is 3. The van der Waals surface area contributed by atoms with Crippen molar-refractivity contribution in [2.75, 3.05) is 18.4 Å². The van der Waals surface area contributed by atoms with Gasteiger partial charge in [-0.05, 0) is 13.0 Å². The third kappa shape index (κ3) is 1.74. The molecule has 2 N–H and O–H groups in total. The molecule has 1 fully saturated rings. The van der Waals surface area contributed by atoms with Gasteiger partial charge in [-0.3, -0.25) is 10.1 Å². The smallest absolute Gasteiger partial charge is 0.231 e. The van der Waals surface area contributed by atoms with Gasteiger partial charge in [0.2, 0.25) is 11.9 Å². The molecule has 0 radical (unpaired) electrons. The molecule has 0 aliphatic carbocycles. The van der Waals surface area contributed by atoms with Crippen LogP contribution in [0, 0.1) is 5.92 Å². The second-order valence-corrected chi connectivity index (χ2v) is 3.39. The summed E-state index contributed by atoms with van der Waals surface area (Å²) >= 11 is 0. The van der Waals surface area contributed by atoms with Gasteiger partial charge < -0.3 is 5.32 Å². The van der Waals surface area contributed by atoms with Crippen LogP contribution in [0.25, 0.3) is 0 Å². The topological polar surface area (TPSA) is 71.8 Å². The molecule has 14 heavy (non-hydrogen) atoms. The normalized spacial score (nSPS) is 21.1. The lowest BCUT2D eigenvalue weighted by atomic mass is 10.1. The maximum Gasteiger partial charge on any atom is 0.231 e. The molecule has 1 amide bonds. The number of amides is 1. The molecule has 0 aromatic carbocycles. The Labute approximate surface area is 81.7 Å². The summed E-state index contributed by atoms with van der Waals surface area (Å²) in [5.74, 6) is 0.583. The standard InChI is InChI=1S/C8H13N5O/c1-13-8(10-5-11-13)12-7(14)6-2-3-9-4-6/h5-6,9H,2-4H2,1H3,(H,10,11,12,14). The van der Waals surface area contributed by atoms with Crippen LogP contribution in [-0.4, -0.2) is 33.8 Å². The summed E-state index contributed by atoms with van der Waals surface area (Å²) in [4.78, 5) is 15.6. The summed E-state index contributed by atoms with van der Waals surface area (Å²) in [7, 11) is 1.75. The predicted molar refractivity (Wildman–Crippen MR) is 50.6 cm³/mol. The van der Waals surface area contributed by atoms with E-state index in [0.717, 1.165) is 19.5 Å². The highest BCUT2D eigenvalue weighted by Crippen LogP contribution is 2.10. The minimum atomic E-state index is 0.0195. The second kappa shape index (κ2) is 3.75. The number of carbonyl (C=O) groups excluding carboxylic acids is 1. The lowest BCUT2D eigenvalue weighted by Crippen LogP contribution is -2.26. The number of carbonyl (C=O) groups is 1. The molecule has 0 spiro atoms. The fourth-order valence-electron chi connectivity index (χ4n) is 1.50. The van der Waals surface area contributed by atoms with Crippen LogP contribution in [-0.2, 0) is 11.8 Å². The van der Waals surface area contributed by atoms with Crippen LogP contribution in [0.5, 0.6) is 0 Å². The number of hydrogen-bond donors (Lipinski definition) is 2. The minimum Gasteiger partial charge on any atom is -0.316 e. The molecule has 0 saturated carbocycles. The van der Waals surface area contributed by atoms with Gasteiger partial charge in [0, 0.05) is 13.6 Å². The van der Waals surface area contributed by atoms with E-state index in [1.165, 1.54) is 6.33 Å². The number of rotatable bonds is 2. The van der Waals surface area contributed by atoms with Gasteiger partial charge in [-0.25, -0.2) is 4.68 Å². The van der Waals surface area contributed by atoms with Crippen molar-refractivity contribution < 1.29 is 4.79 Å². The van der Waals surface area contributed by atoms with Gasteiger partial charge in [-0.15, -0.1) is 0 Å². The molecule has 1 aromatic rings. The average Bonchev–Trinajstić information content (AvgIpc) is 2.77. The maximum atomic E-state index is 11.6. The van der Waals surface area contributed by atoms with Crippen molar-refractivity contribution >= 4 is 11.9 Å². The molecule has 0 bridgehead atoms. The SMILES string of the molecule is Cn1ncnc1NC(=O)C1CCNC1. The Morgan fingerprint density at radius 2 is 2.64 bits per heavy atom. The van der Waals surface area contributed by atoms with E-state index in [2.05, 4.69) is 20.7 Å². The summed E-state index contributed by atoms with van der Waals surface area (Å²) in [6.07, 6.45) is 2.31. The molecule has 1 unspecified atom stereocenters. The largest absolute Gasteiger partial charge is 0.316 e. The van der Waals surface area contributed by atoms with Crippen molar-refractivity contribution in [1.29, 1.82) is 0 Å². The third-order valence-electron chi connectivity index (χ3n) is 2.38. The summed E-state index contributed by atoms with van der Waals surface area (Å²) in [5.41, 5.74) is 0. The van der Waals surface area contributed by atoms with Crippen LogP contribution in [0.15, 0.2) is 6.33 Å². The van der Waals surface area contributed by atoms with Crippen LogP contribution in [0.3, 0.4) is 0 Å². The number of anilines is 1. The zero-order valence-electron chi connectivity index (χ0n) is 8.03. The second-order valence-electron chi connectivity index (χ2n) is 3.39. The van der Waals surface area contributed by atoms with E-state index >= 15 is 0 Å². The van der Waals surface area contributed by atoms with Gasteiger partial charge in [0.1, 0.15) is 6.33 Å². The molecule has 1 aromatic heterocycles. The zero-order valence-corrected chi connectivity index (χ0v) is 8.03. The molecule has 1 aliphatic heterocycles. The molecule has 2 heterocycles. The van der Waals surface area contributed by atoms with Gasteiger partial charge in [-0.2, -0.15) is 10.1 Å². The lowest BCUT2D eigenvalue weighted by molar-refractivity contribution is -0.119. The Bertz CT molecular complexity index is 328. The van der Waals surface area contributed by atoms with Crippen molar-refractivity contribution in [3.05, 3.63) is 6.33 Å². The molecule has 1 saturated heterocycles. The van der Waals surface area contributed by atoms with Crippen molar-refractivity contribution in [3.8, 4) is 0 Å². The quantitative estimate of drug-likeness (QED) is 0.658. The van der Waals surface area contributed by atoms with Crippen LogP contribution >= 0.6 is 0 Å². The summed E-state index contributed by atoms with van der Waals surface area (Å²) in [6.45, 7) is 1.67. The first kappa shape index (κ1) is 9.14. The molecule has 6 heteroatoms. The molecular weight excluding hydrogens is 182 g/mol. The van der Waals surface area contributed by atoms with E-state index < -0.39 is 0 Å². The molecule has 1 aliphatic rings. The first-order valence-corrected chi connectivity index (χ1v) is 4.63. The first-order valence-electron chi connectivity index (χ1n) is 4.63. The van der Waals surface area contributed by atoms with E-state index in [1.807, 2.05) is 0 Å². The van der Waals surface area contributed by atoms with Crippen molar-refractivity contribution in [3.63, 3.8) is 0 Å². The van der Waals surface area contributed by atoms with Gasteiger partial charge in [0.15, 0.2) is 0 Å². The predicted octanol–water partition coefficient (Wildman–Crippen LogP) is -0.637. The van der Waals surface area contributed by atoms with E-state index in [4.69, 9.17) is 0 Å². The van der Waals surface area contributed by atoms with Gasteiger partial charge in [0.25, 0.3) is 0 Å². The van der Waals surface area contributed by atoms with Gasteiger partial charge in [-0.1, -0.05) is 0 Å². The molecule has 76 valence electrons. The Morgan fingerprint density at radius 1 is 1.79 bits per heavy atom. The summed E-state index contributed by atoms with van der Waals surface area (Å²) in [6, 6.07) is 0. The van der Waals surface area contributed by atoms with Crippen molar-refractivity contribution in [1.82, 2.24) is 20.1 Å². The van der Waals surface area contributed by atoms with Crippen molar-refractivity contribution in [2.24, 2.45) is 13.0 Å². The molecule has 1 atom stereocenters. The Balaban J connectivity index is 1.97. The lowest BCUT2D eigenvalue weighted by Gasteiger charge is -2.08. The highest BCUT2D eigenvalue weighted by Gasteiger charge is 2.23. The maximum absolute atomic E-state index is 11.6. The monoisotopic (exact) mass is 195 g/mol.